The predicted molar refractivity (Wildman–Crippen MR) is 190 cm³/mol. The Bertz CT molecular complexity index is 1930. The number of amides is 3. The Labute approximate surface area is 283 Å². The van der Waals surface area contributed by atoms with E-state index in [4.69, 9.17) is 4.74 Å². The zero-order valence-corrected chi connectivity index (χ0v) is 27.1. The van der Waals surface area contributed by atoms with E-state index in [1.807, 2.05) is 36.4 Å². The molecule has 5 aromatic rings. The molecule has 5 aromatic carbocycles. The van der Waals surface area contributed by atoms with E-state index in [1.165, 1.54) is 18.7 Å². The van der Waals surface area contributed by atoms with Gasteiger partial charge < -0.3 is 20.7 Å². The molecule has 48 heavy (non-hydrogen) atoms. The molecule has 0 saturated heterocycles. The summed E-state index contributed by atoms with van der Waals surface area (Å²) < 4.78 is 5.24. The smallest absolute Gasteiger partial charge is 0.272 e. The van der Waals surface area contributed by atoms with E-state index in [1.54, 1.807) is 110 Å². The number of benzene rings is 5. The molecule has 1 unspecified atom stereocenters. The lowest BCUT2D eigenvalue weighted by Crippen LogP contribution is -2.30. The maximum Gasteiger partial charge on any atom is 0.272 e. The number of methoxy groups -OCH3 is 1. The number of anilines is 2. The summed E-state index contributed by atoms with van der Waals surface area (Å²) in [5.74, 6) is -0.593. The van der Waals surface area contributed by atoms with E-state index in [2.05, 4.69) is 16.0 Å². The van der Waals surface area contributed by atoms with Gasteiger partial charge in [0, 0.05) is 27.4 Å². The monoisotopic (exact) mass is 655 g/mol. The quantitative estimate of drug-likeness (QED) is 0.0719. The molecule has 0 bridgehead atoms. The second-order valence-electron chi connectivity index (χ2n) is 10.7. The van der Waals surface area contributed by atoms with Crippen LogP contribution < -0.4 is 20.7 Å². The fraction of sp³-hybridized carbons (Fsp3) is 0.0769. The minimum Gasteiger partial charge on any atom is -0.497 e. The van der Waals surface area contributed by atoms with Crippen LogP contribution in [-0.2, 0) is 9.59 Å². The lowest BCUT2D eigenvalue weighted by atomic mass is 10.1. The Morgan fingerprint density at radius 3 is 2.00 bits per heavy atom. The third kappa shape index (κ3) is 9.08. The first-order chi connectivity index (χ1) is 23.3. The van der Waals surface area contributed by atoms with Gasteiger partial charge in [-0.3, -0.25) is 19.2 Å². The molecule has 0 aliphatic rings. The zero-order valence-electron chi connectivity index (χ0n) is 26.3. The van der Waals surface area contributed by atoms with Gasteiger partial charge in [0.2, 0.25) is 5.91 Å². The molecule has 1 atom stereocenters. The fourth-order valence-corrected chi connectivity index (χ4v) is 5.77. The third-order valence-corrected chi connectivity index (χ3v) is 8.45. The number of ketones is 1. The molecule has 240 valence electrons. The van der Waals surface area contributed by atoms with E-state index < -0.39 is 17.1 Å². The van der Waals surface area contributed by atoms with Crippen LogP contribution in [0, 0.1) is 0 Å². The molecule has 3 amide bonds. The van der Waals surface area contributed by atoms with Gasteiger partial charge in [-0.25, -0.2) is 0 Å². The van der Waals surface area contributed by atoms with Crippen LogP contribution in [0.3, 0.4) is 0 Å². The summed E-state index contributed by atoms with van der Waals surface area (Å²) in [6, 6.07) is 39.0. The molecule has 0 aromatic heterocycles. The van der Waals surface area contributed by atoms with Crippen molar-refractivity contribution >= 4 is 52.7 Å². The minimum atomic E-state index is -0.625. The highest BCUT2D eigenvalue weighted by Gasteiger charge is 2.23. The first-order valence-electron chi connectivity index (χ1n) is 15.1. The van der Waals surface area contributed by atoms with Crippen LogP contribution in [0.15, 0.2) is 144 Å². The highest BCUT2D eigenvalue weighted by atomic mass is 32.2. The molecular formula is C39H33N3O5S. The molecule has 8 nitrogen and oxygen atoms in total. The van der Waals surface area contributed by atoms with Gasteiger partial charge in [0.05, 0.1) is 7.11 Å². The summed E-state index contributed by atoms with van der Waals surface area (Å²) in [5, 5.41) is 7.97. The summed E-state index contributed by atoms with van der Waals surface area (Å²) >= 11 is 1.33. The summed E-state index contributed by atoms with van der Waals surface area (Å²) in [5.41, 5.74) is 3.54. The normalized spacial score (nSPS) is 11.6. The van der Waals surface area contributed by atoms with Gasteiger partial charge in [0.25, 0.3) is 11.8 Å². The van der Waals surface area contributed by atoms with E-state index in [0.29, 0.717) is 33.8 Å². The van der Waals surface area contributed by atoms with Crippen molar-refractivity contribution in [3.63, 3.8) is 0 Å². The Kier molecular flexibility index (Phi) is 11.2. The number of thioether (sulfide) groups is 1. The highest BCUT2D eigenvalue weighted by Crippen LogP contribution is 2.37. The summed E-state index contributed by atoms with van der Waals surface area (Å²) in [4.78, 5) is 52.7. The maximum absolute atomic E-state index is 13.6. The van der Waals surface area contributed by atoms with Crippen molar-refractivity contribution in [3.8, 4) is 5.75 Å². The standard InChI is InChI=1S/C39H33N3O5S/c1-26(43)28-18-20-31(21-19-28)40-39(46)36(29-10-5-3-6-11-29)48-34-15-9-14-32(25-34)41-38(45)35(24-27-16-22-33(47-2)23-17-27)42-37(44)30-12-7-4-8-13-30/h3-25,36H,1-2H3,(H,40,46)(H,41,45)(H,42,44)/b35-24+. The summed E-state index contributed by atoms with van der Waals surface area (Å²) in [7, 11) is 1.57. The number of Topliss-reactive ketones (excluding diaryl/α,β-unsaturated/α-hetero) is 1. The molecule has 3 N–H and O–H groups in total. The molecule has 0 saturated carbocycles. The van der Waals surface area contributed by atoms with Gasteiger partial charge in [0.1, 0.15) is 16.7 Å². The first-order valence-corrected chi connectivity index (χ1v) is 15.9. The van der Waals surface area contributed by atoms with Crippen LogP contribution in [-0.4, -0.2) is 30.6 Å². The van der Waals surface area contributed by atoms with Crippen LogP contribution in [0.4, 0.5) is 11.4 Å². The van der Waals surface area contributed by atoms with E-state index in [0.717, 1.165) is 10.5 Å². The van der Waals surface area contributed by atoms with Crippen LogP contribution in [0.2, 0.25) is 0 Å². The lowest BCUT2D eigenvalue weighted by molar-refractivity contribution is -0.116. The number of nitrogens with one attached hydrogen (secondary N) is 3. The average Bonchev–Trinajstić information content (AvgIpc) is 3.11. The number of ether oxygens (including phenoxy) is 1. The van der Waals surface area contributed by atoms with E-state index in [9.17, 15) is 19.2 Å². The van der Waals surface area contributed by atoms with Crippen molar-refractivity contribution in [2.24, 2.45) is 0 Å². The minimum absolute atomic E-state index is 0.0457. The van der Waals surface area contributed by atoms with E-state index >= 15 is 0 Å². The van der Waals surface area contributed by atoms with Gasteiger partial charge in [-0.2, -0.15) is 0 Å². The van der Waals surface area contributed by atoms with Gasteiger partial charge in [0.15, 0.2) is 5.78 Å². The zero-order chi connectivity index (χ0) is 33.9. The number of rotatable bonds is 12. The topological polar surface area (TPSA) is 114 Å². The van der Waals surface area contributed by atoms with Crippen molar-refractivity contribution in [1.29, 1.82) is 0 Å². The predicted octanol–water partition coefficient (Wildman–Crippen LogP) is 7.78. The van der Waals surface area contributed by atoms with Gasteiger partial charge in [-0.15, -0.1) is 11.8 Å². The van der Waals surface area contributed by atoms with Crippen molar-refractivity contribution in [2.75, 3.05) is 17.7 Å². The highest BCUT2D eigenvalue weighted by molar-refractivity contribution is 8.00. The second-order valence-corrected chi connectivity index (χ2v) is 11.8. The molecular weight excluding hydrogens is 623 g/mol. The SMILES string of the molecule is COc1ccc(/C=C(/NC(=O)c2ccccc2)C(=O)Nc2cccc(SC(C(=O)Nc3ccc(C(C)=O)cc3)c3ccccc3)c2)cc1. The Morgan fingerprint density at radius 1 is 0.688 bits per heavy atom. The van der Waals surface area contributed by atoms with Crippen LogP contribution in [0.1, 0.15) is 44.0 Å². The van der Waals surface area contributed by atoms with E-state index in [-0.39, 0.29) is 17.4 Å². The Hall–Kier alpha value is -5.93. The number of hydrogen-bond acceptors (Lipinski definition) is 6. The van der Waals surface area contributed by atoms with Crippen LogP contribution in [0.5, 0.6) is 5.75 Å². The molecule has 0 radical (unpaired) electrons. The third-order valence-electron chi connectivity index (χ3n) is 7.20. The molecule has 0 aliphatic carbocycles. The van der Waals surface area contributed by atoms with Crippen LogP contribution >= 0.6 is 11.8 Å². The maximum atomic E-state index is 13.6. The molecule has 0 aliphatic heterocycles. The van der Waals surface area contributed by atoms with Gasteiger partial charge in [-0.1, -0.05) is 66.7 Å². The largest absolute Gasteiger partial charge is 0.497 e. The number of carbonyl (C=O) groups excluding carboxylic acids is 4. The lowest BCUT2D eigenvalue weighted by Gasteiger charge is -2.18. The Morgan fingerprint density at radius 2 is 1.35 bits per heavy atom. The van der Waals surface area contributed by atoms with Gasteiger partial charge in [-0.05, 0) is 90.9 Å². The summed E-state index contributed by atoms with van der Waals surface area (Å²) in [6.45, 7) is 1.49. The summed E-state index contributed by atoms with van der Waals surface area (Å²) in [6.07, 6.45) is 1.59. The fourth-order valence-electron chi connectivity index (χ4n) is 4.69. The molecule has 5 rings (SSSR count). The first kappa shape index (κ1) is 33.4. The van der Waals surface area contributed by atoms with Crippen molar-refractivity contribution in [1.82, 2.24) is 5.32 Å². The van der Waals surface area contributed by atoms with Crippen molar-refractivity contribution in [3.05, 3.63) is 161 Å². The molecule has 9 heteroatoms. The van der Waals surface area contributed by atoms with Crippen LogP contribution in [0.25, 0.3) is 6.08 Å². The van der Waals surface area contributed by atoms with Crippen molar-refractivity contribution in [2.45, 2.75) is 17.1 Å². The average molecular weight is 656 g/mol. The second kappa shape index (κ2) is 16.1. The molecule has 0 heterocycles. The number of carbonyl (C=O) groups is 4. The van der Waals surface area contributed by atoms with Gasteiger partial charge >= 0.3 is 0 Å². The molecule has 0 spiro atoms. The number of hydrogen-bond donors (Lipinski definition) is 3. The Balaban J connectivity index is 1.36. The molecule has 0 fully saturated rings. The van der Waals surface area contributed by atoms with Crippen molar-refractivity contribution < 1.29 is 23.9 Å².